The first-order chi connectivity index (χ1) is 6.16. The molecule has 0 N–H and O–H groups in total. The third-order valence-corrected chi connectivity index (χ3v) is 1.44. The summed E-state index contributed by atoms with van der Waals surface area (Å²) in [6, 6.07) is 0. The molecule has 0 radical (unpaired) electrons. The summed E-state index contributed by atoms with van der Waals surface area (Å²) in [5.41, 5.74) is 2.49. The van der Waals surface area contributed by atoms with E-state index in [0.29, 0.717) is 0 Å². The summed E-state index contributed by atoms with van der Waals surface area (Å²) >= 11 is 0. The fourth-order valence-electron chi connectivity index (χ4n) is 0.788. The molecule has 0 saturated heterocycles. The number of hydrogen-bond acceptors (Lipinski definition) is 1. The Bertz CT molecular complexity index is 202. The number of carbonyl (C=O) groups is 1. The monoisotopic (exact) mass is 178 g/mol. The van der Waals surface area contributed by atoms with Crippen molar-refractivity contribution < 1.29 is 4.79 Å². The average Bonchev–Trinajstić information content (AvgIpc) is 2.08. The highest BCUT2D eigenvalue weighted by Gasteiger charge is 1.86. The second kappa shape index (κ2) is 10.7. The number of allylic oxidation sites excluding steroid dienone is 4. The van der Waals surface area contributed by atoms with Crippen LogP contribution in [0, 0.1) is 12.8 Å². The summed E-state index contributed by atoms with van der Waals surface area (Å²) in [5.74, 6) is 0. The molecule has 0 aromatic heterocycles. The van der Waals surface area contributed by atoms with Gasteiger partial charge >= 0.3 is 0 Å². The lowest BCUT2D eigenvalue weighted by molar-refractivity contribution is -0.104. The Balaban J connectivity index is 0. The summed E-state index contributed by atoms with van der Waals surface area (Å²) < 4.78 is 0. The number of hydrogen-bond donors (Lipinski definition) is 0. The normalized spacial score (nSPS) is 9.46. The van der Waals surface area contributed by atoms with Crippen LogP contribution in [0.15, 0.2) is 23.3 Å². The van der Waals surface area contributed by atoms with Crippen molar-refractivity contribution in [1.29, 1.82) is 0 Å². The van der Waals surface area contributed by atoms with Gasteiger partial charge in [0, 0.05) is 0 Å². The SMILES string of the molecule is C#C.CC(C)=CCCC(C)=CC=O. The first-order valence-electron chi connectivity index (χ1n) is 4.24. The molecule has 0 aliphatic rings. The summed E-state index contributed by atoms with van der Waals surface area (Å²) in [4.78, 5) is 10.0. The Morgan fingerprint density at radius 1 is 1.23 bits per heavy atom. The molecule has 1 heteroatoms. The lowest BCUT2D eigenvalue weighted by Gasteiger charge is -1.94. The number of terminal acetylenes is 1. The van der Waals surface area contributed by atoms with Crippen LogP contribution in [0.2, 0.25) is 0 Å². The van der Waals surface area contributed by atoms with Crippen LogP contribution in [0.4, 0.5) is 0 Å². The van der Waals surface area contributed by atoms with Gasteiger partial charge in [0.2, 0.25) is 0 Å². The molecule has 0 heterocycles. The van der Waals surface area contributed by atoms with E-state index < -0.39 is 0 Å². The molecule has 0 unspecified atom stereocenters. The maximum Gasteiger partial charge on any atom is 0.142 e. The molecule has 0 aromatic carbocycles. The van der Waals surface area contributed by atoms with Crippen molar-refractivity contribution in [3.8, 4) is 12.8 Å². The van der Waals surface area contributed by atoms with Gasteiger partial charge in [-0.05, 0) is 39.7 Å². The summed E-state index contributed by atoms with van der Waals surface area (Å²) in [5, 5.41) is 0. The van der Waals surface area contributed by atoms with Gasteiger partial charge in [-0.3, -0.25) is 4.79 Å². The average molecular weight is 178 g/mol. The highest BCUT2D eigenvalue weighted by atomic mass is 16.1. The standard InChI is InChI=1S/C10H16O.C2H2/c1-9(2)5-4-6-10(3)7-8-11;1-2/h5,7-8H,4,6H2,1-3H3;1-2H. The van der Waals surface area contributed by atoms with E-state index in [1.807, 2.05) is 6.92 Å². The van der Waals surface area contributed by atoms with Crippen LogP contribution in [0.5, 0.6) is 0 Å². The van der Waals surface area contributed by atoms with Crippen molar-refractivity contribution in [2.75, 3.05) is 0 Å². The summed E-state index contributed by atoms with van der Waals surface area (Å²) in [7, 11) is 0. The van der Waals surface area contributed by atoms with Gasteiger partial charge in [0.15, 0.2) is 0 Å². The van der Waals surface area contributed by atoms with Gasteiger partial charge in [0.1, 0.15) is 6.29 Å². The van der Waals surface area contributed by atoms with Crippen molar-refractivity contribution in [2.45, 2.75) is 33.6 Å². The minimum Gasteiger partial charge on any atom is -0.299 e. The highest BCUT2D eigenvalue weighted by Crippen LogP contribution is 2.05. The topological polar surface area (TPSA) is 17.1 Å². The van der Waals surface area contributed by atoms with Crippen LogP contribution in [-0.2, 0) is 4.79 Å². The van der Waals surface area contributed by atoms with E-state index in [4.69, 9.17) is 0 Å². The molecule has 0 saturated carbocycles. The second-order valence-corrected chi connectivity index (χ2v) is 2.97. The van der Waals surface area contributed by atoms with Crippen LogP contribution in [0.3, 0.4) is 0 Å². The van der Waals surface area contributed by atoms with Gasteiger partial charge in [0.25, 0.3) is 0 Å². The maximum absolute atomic E-state index is 10.0. The summed E-state index contributed by atoms with van der Waals surface area (Å²) in [6.45, 7) is 6.14. The van der Waals surface area contributed by atoms with E-state index in [1.165, 1.54) is 5.57 Å². The van der Waals surface area contributed by atoms with E-state index in [2.05, 4.69) is 32.8 Å². The quantitative estimate of drug-likeness (QED) is 0.280. The van der Waals surface area contributed by atoms with E-state index >= 15 is 0 Å². The third-order valence-electron chi connectivity index (χ3n) is 1.44. The van der Waals surface area contributed by atoms with E-state index in [0.717, 1.165) is 24.7 Å². The fourth-order valence-corrected chi connectivity index (χ4v) is 0.788. The zero-order valence-corrected chi connectivity index (χ0v) is 8.71. The Morgan fingerprint density at radius 2 is 1.77 bits per heavy atom. The van der Waals surface area contributed by atoms with Gasteiger partial charge in [-0.25, -0.2) is 0 Å². The van der Waals surface area contributed by atoms with Crippen LogP contribution >= 0.6 is 0 Å². The zero-order chi connectivity index (χ0) is 10.7. The Hall–Kier alpha value is -1.29. The molecule has 0 aromatic rings. The molecule has 0 bridgehead atoms. The number of aldehydes is 1. The molecule has 0 atom stereocenters. The lowest BCUT2D eigenvalue weighted by Crippen LogP contribution is -1.77. The molecule has 0 amide bonds. The smallest absolute Gasteiger partial charge is 0.142 e. The lowest BCUT2D eigenvalue weighted by atomic mass is 10.1. The predicted molar refractivity (Wildman–Crippen MR) is 58.4 cm³/mol. The molecule has 0 spiro atoms. The minimum atomic E-state index is 0.845. The van der Waals surface area contributed by atoms with Gasteiger partial charge in [-0.1, -0.05) is 17.2 Å². The Morgan fingerprint density at radius 3 is 2.15 bits per heavy atom. The minimum absolute atomic E-state index is 0.845. The van der Waals surface area contributed by atoms with E-state index in [-0.39, 0.29) is 0 Å². The van der Waals surface area contributed by atoms with Crippen molar-refractivity contribution >= 4 is 6.29 Å². The molecular formula is C12H18O. The number of carbonyl (C=O) groups excluding carboxylic acids is 1. The molecular weight excluding hydrogens is 160 g/mol. The van der Waals surface area contributed by atoms with Crippen LogP contribution in [0.25, 0.3) is 0 Å². The first-order valence-corrected chi connectivity index (χ1v) is 4.24. The molecule has 0 rings (SSSR count). The fraction of sp³-hybridized carbons (Fsp3) is 0.417. The first kappa shape index (κ1) is 14.2. The van der Waals surface area contributed by atoms with Gasteiger partial charge < -0.3 is 0 Å². The largest absolute Gasteiger partial charge is 0.299 e. The Kier molecular flexibility index (Phi) is 11.7. The van der Waals surface area contributed by atoms with Crippen LogP contribution in [0.1, 0.15) is 33.6 Å². The zero-order valence-electron chi connectivity index (χ0n) is 8.71. The third kappa shape index (κ3) is 13.7. The van der Waals surface area contributed by atoms with Crippen LogP contribution < -0.4 is 0 Å². The van der Waals surface area contributed by atoms with Crippen LogP contribution in [-0.4, -0.2) is 6.29 Å². The highest BCUT2D eigenvalue weighted by molar-refractivity contribution is 5.65. The summed E-state index contributed by atoms with van der Waals surface area (Å²) in [6.07, 6.45) is 14.7. The van der Waals surface area contributed by atoms with Gasteiger partial charge in [-0.15, -0.1) is 12.8 Å². The van der Waals surface area contributed by atoms with Crippen molar-refractivity contribution in [3.63, 3.8) is 0 Å². The molecule has 72 valence electrons. The molecule has 13 heavy (non-hydrogen) atoms. The maximum atomic E-state index is 10.0. The van der Waals surface area contributed by atoms with E-state index in [1.54, 1.807) is 6.08 Å². The molecule has 0 fully saturated rings. The second-order valence-electron chi connectivity index (χ2n) is 2.97. The Labute approximate surface area is 81.5 Å². The van der Waals surface area contributed by atoms with Crippen molar-refractivity contribution in [3.05, 3.63) is 23.3 Å². The molecule has 0 aliphatic heterocycles. The van der Waals surface area contributed by atoms with Gasteiger partial charge in [0.05, 0.1) is 0 Å². The predicted octanol–water partition coefficient (Wildman–Crippen LogP) is 3.13. The molecule has 1 nitrogen and oxygen atoms in total. The molecule has 0 aliphatic carbocycles. The van der Waals surface area contributed by atoms with Crippen molar-refractivity contribution in [2.24, 2.45) is 0 Å². The number of rotatable bonds is 4. The van der Waals surface area contributed by atoms with Gasteiger partial charge in [-0.2, -0.15) is 0 Å². The van der Waals surface area contributed by atoms with E-state index in [9.17, 15) is 4.79 Å². The van der Waals surface area contributed by atoms with Crippen molar-refractivity contribution in [1.82, 2.24) is 0 Å².